The van der Waals surface area contributed by atoms with E-state index in [0.717, 1.165) is 36.1 Å². The van der Waals surface area contributed by atoms with Gasteiger partial charge < -0.3 is 14.2 Å². The molecule has 2 heterocycles. The number of aromatic nitrogens is 3. The van der Waals surface area contributed by atoms with Gasteiger partial charge >= 0.3 is 0 Å². The SMILES string of the molecule is COc1ccc(C(Cc2ccc(Cl)cc2Cl)OC2CCCC(Cn3cncn3)O2)cc1. The van der Waals surface area contributed by atoms with E-state index >= 15 is 0 Å². The lowest BCUT2D eigenvalue weighted by Gasteiger charge is -2.33. The molecule has 0 radical (unpaired) electrons. The van der Waals surface area contributed by atoms with Crippen molar-refractivity contribution in [2.24, 2.45) is 0 Å². The Kier molecular flexibility index (Phi) is 7.45. The molecule has 3 aromatic rings. The molecule has 1 aromatic heterocycles. The van der Waals surface area contributed by atoms with Crippen LogP contribution in [0.15, 0.2) is 55.1 Å². The first kappa shape index (κ1) is 22.1. The number of hydrogen-bond donors (Lipinski definition) is 0. The zero-order chi connectivity index (χ0) is 21.6. The summed E-state index contributed by atoms with van der Waals surface area (Å²) in [6.07, 6.45) is 6.20. The van der Waals surface area contributed by atoms with E-state index in [1.54, 1.807) is 24.2 Å². The van der Waals surface area contributed by atoms with Crippen molar-refractivity contribution in [1.82, 2.24) is 14.8 Å². The molecule has 2 aromatic carbocycles. The molecule has 0 saturated carbocycles. The number of nitrogens with zero attached hydrogens (tertiary/aromatic N) is 3. The minimum Gasteiger partial charge on any atom is -0.497 e. The smallest absolute Gasteiger partial charge is 0.158 e. The highest BCUT2D eigenvalue weighted by molar-refractivity contribution is 6.35. The van der Waals surface area contributed by atoms with Crippen LogP contribution in [0.4, 0.5) is 0 Å². The lowest BCUT2D eigenvalue weighted by atomic mass is 10.0. The maximum atomic E-state index is 6.49. The van der Waals surface area contributed by atoms with Gasteiger partial charge in [0, 0.05) is 16.5 Å². The summed E-state index contributed by atoms with van der Waals surface area (Å²) >= 11 is 12.5. The van der Waals surface area contributed by atoms with Crippen LogP contribution in [0.2, 0.25) is 10.0 Å². The van der Waals surface area contributed by atoms with Crippen LogP contribution in [0.25, 0.3) is 0 Å². The Morgan fingerprint density at radius 2 is 2.00 bits per heavy atom. The molecule has 1 aliphatic heterocycles. The minimum atomic E-state index is -0.305. The Morgan fingerprint density at radius 3 is 2.71 bits per heavy atom. The number of halogens is 2. The number of methoxy groups -OCH3 is 1. The molecule has 31 heavy (non-hydrogen) atoms. The Balaban J connectivity index is 1.50. The van der Waals surface area contributed by atoms with E-state index in [2.05, 4.69) is 10.1 Å². The fourth-order valence-electron chi connectivity index (χ4n) is 3.77. The maximum absolute atomic E-state index is 6.49. The predicted octanol–water partition coefficient (Wildman–Crippen LogP) is 5.49. The van der Waals surface area contributed by atoms with Crippen molar-refractivity contribution >= 4 is 23.2 Å². The largest absolute Gasteiger partial charge is 0.497 e. The molecule has 8 heteroatoms. The van der Waals surface area contributed by atoms with Crippen molar-refractivity contribution in [2.45, 2.75) is 50.7 Å². The van der Waals surface area contributed by atoms with Gasteiger partial charge in [-0.3, -0.25) is 4.68 Å². The number of ether oxygens (including phenoxy) is 3. The van der Waals surface area contributed by atoms with Crippen LogP contribution in [-0.4, -0.2) is 34.3 Å². The van der Waals surface area contributed by atoms with Crippen LogP contribution in [0.1, 0.15) is 36.5 Å². The highest BCUT2D eigenvalue weighted by Crippen LogP contribution is 2.32. The summed E-state index contributed by atoms with van der Waals surface area (Å²) in [5.74, 6) is 0.800. The van der Waals surface area contributed by atoms with Crippen LogP contribution in [0, 0.1) is 0 Å². The second kappa shape index (κ2) is 10.5. The average molecular weight is 462 g/mol. The molecule has 3 atom stereocenters. The predicted molar refractivity (Wildman–Crippen MR) is 120 cm³/mol. The van der Waals surface area contributed by atoms with Gasteiger partial charge in [0.15, 0.2) is 6.29 Å². The van der Waals surface area contributed by atoms with Crippen LogP contribution in [-0.2, 0) is 22.4 Å². The molecule has 0 spiro atoms. The second-order valence-electron chi connectivity index (χ2n) is 7.57. The quantitative estimate of drug-likeness (QED) is 0.443. The third-order valence-corrected chi connectivity index (χ3v) is 5.98. The van der Waals surface area contributed by atoms with Gasteiger partial charge in [0.25, 0.3) is 0 Å². The molecule has 3 unspecified atom stereocenters. The molecular formula is C23H25Cl2N3O3. The third kappa shape index (κ3) is 5.98. The fourth-order valence-corrected chi connectivity index (χ4v) is 4.25. The van der Waals surface area contributed by atoms with E-state index in [1.165, 1.54) is 6.33 Å². The van der Waals surface area contributed by atoms with Gasteiger partial charge in [0.05, 0.1) is 25.9 Å². The molecule has 0 aliphatic carbocycles. The molecule has 4 rings (SSSR count). The standard InChI is InChI=1S/C23H25Cl2N3O3/c1-29-19-9-6-16(7-10-19)22(11-17-5-8-18(24)12-21(17)25)31-23-4-2-3-20(30-23)13-28-15-26-14-27-28/h5-10,12,14-15,20,22-23H,2-4,11,13H2,1H3. The van der Waals surface area contributed by atoms with Crippen LogP contribution in [0.5, 0.6) is 5.75 Å². The minimum absolute atomic E-state index is 0.0380. The monoisotopic (exact) mass is 461 g/mol. The summed E-state index contributed by atoms with van der Waals surface area (Å²) in [7, 11) is 1.65. The van der Waals surface area contributed by atoms with Crippen LogP contribution >= 0.6 is 23.2 Å². The first-order valence-corrected chi connectivity index (χ1v) is 11.1. The van der Waals surface area contributed by atoms with E-state index in [4.69, 9.17) is 37.4 Å². The van der Waals surface area contributed by atoms with E-state index in [9.17, 15) is 0 Å². The van der Waals surface area contributed by atoms with Crippen LogP contribution in [0.3, 0.4) is 0 Å². The first-order chi connectivity index (χ1) is 15.1. The summed E-state index contributed by atoms with van der Waals surface area (Å²) in [6.45, 7) is 0.663. The second-order valence-corrected chi connectivity index (χ2v) is 8.42. The van der Waals surface area contributed by atoms with Crippen molar-refractivity contribution in [3.8, 4) is 5.75 Å². The lowest BCUT2D eigenvalue weighted by Crippen LogP contribution is -2.34. The molecule has 1 fully saturated rings. The van der Waals surface area contributed by atoms with Gasteiger partial charge in [-0.15, -0.1) is 0 Å². The Morgan fingerprint density at radius 1 is 1.16 bits per heavy atom. The molecule has 1 aliphatic rings. The summed E-state index contributed by atoms with van der Waals surface area (Å²) in [6, 6.07) is 13.5. The molecule has 0 N–H and O–H groups in total. The third-order valence-electron chi connectivity index (χ3n) is 5.39. The molecular weight excluding hydrogens is 437 g/mol. The van der Waals surface area contributed by atoms with Crippen molar-refractivity contribution in [3.05, 3.63) is 76.3 Å². The average Bonchev–Trinajstić information content (AvgIpc) is 3.28. The van der Waals surface area contributed by atoms with Crippen LogP contribution < -0.4 is 4.74 Å². The summed E-state index contributed by atoms with van der Waals surface area (Å²) in [5, 5.41) is 5.42. The fraction of sp³-hybridized carbons (Fsp3) is 0.391. The normalized spacial score (nSPS) is 19.8. The maximum Gasteiger partial charge on any atom is 0.158 e. The summed E-state index contributed by atoms with van der Waals surface area (Å²) < 4.78 is 19.8. The number of benzene rings is 2. The Labute approximate surface area is 192 Å². The zero-order valence-corrected chi connectivity index (χ0v) is 18.8. The van der Waals surface area contributed by atoms with Crippen molar-refractivity contribution < 1.29 is 14.2 Å². The number of rotatable bonds is 8. The topological polar surface area (TPSA) is 58.4 Å². The summed E-state index contributed by atoms with van der Waals surface area (Å²) in [5.41, 5.74) is 2.01. The highest BCUT2D eigenvalue weighted by atomic mass is 35.5. The summed E-state index contributed by atoms with van der Waals surface area (Å²) in [4.78, 5) is 4.00. The van der Waals surface area contributed by atoms with Gasteiger partial charge in [0.1, 0.15) is 18.4 Å². The van der Waals surface area contributed by atoms with E-state index in [1.807, 2.05) is 36.4 Å². The van der Waals surface area contributed by atoms with Crippen molar-refractivity contribution in [2.75, 3.05) is 7.11 Å². The molecule has 164 valence electrons. The van der Waals surface area contributed by atoms with Gasteiger partial charge in [-0.1, -0.05) is 41.4 Å². The zero-order valence-electron chi connectivity index (χ0n) is 17.3. The van der Waals surface area contributed by atoms with Gasteiger partial charge in [-0.25, -0.2) is 4.98 Å². The van der Waals surface area contributed by atoms with E-state index < -0.39 is 0 Å². The van der Waals surface area contributed by atoms with Gasteiger partial charge in [0.2, 0.25) is 0 Å². The van der Waals surface area contributed by atoms with Gasteiger partial charge in [-0.2, -0.15) is 5.10 Å². The molecule has 0 bridgehead atoms. The highest BCUT2D eigenvalue weighted by Gasteiger charge is 2.27. The number of hydrogen-bond acceptors (Lipinski definition) is 5. The molecule has 6 nitrogen and oxygen atoms in total. The first-order valence-electron chi connectivity index (χ1n) is 10.3. The van der Waals surface area contributed by atoms with E-state index in [-0.39, 0.29) is 18.5 Å². The Bertz CT molecular complexity index is 967. The van der Waals surface area contributed by atoms with Gasteiger partial charge in [-0.05, 0) is 54.7 Å². The van der Waals surface area contributed by atoms with E-state index in [0.29, 0.717) is 23.0 Å². The van der Waals surface area contributed by atoms with Crippen molar-refractivity contribution in [1.29, 1.82) is 0 Å². The Hall–Kier alpha value is -2.12. The van der Waals surface area contributed by atoms with Crippen molar-refractivity contribution in [3.63, 3.8) is 0 Å². The molecule has 0 amide bonds. The molecule has 1 saturated heterocycles. The lowest BCUT2D eigenvalue weighted by molar-refractivity contribution is -0.219.